The topological polar surface area (TPSA) is 471 Å². The first-order valence-corrected chi connectivity index (χ1v) is 25.1. The van der Waals surface area contributed by atoms with Crippen LogP contribution in [-0.4, -0.2) is 154 Å². The smallest absolute Gasteiger partial charge is 0.326 e. The molecule has 27 heteroatoms. The van der Waals surface area contributed by atoms with Crippen LogP contribution in [0.3, 0.4) is 0 Å². The van der Waals surface area contributed by atoms with Gasteiger partial charge in [-0.2, -0.15) is 0 Å². The number of carboxylic acids is 1. The molecule has 9 atom stereocenters. The number of imidazole rings is 1. The van der Waals surface area contributed by atoms with Crippen LogP contribution in [0, 0.1) is 11.8 Å². The Bertz CT molecular complexity index is 2170. The number of H-pyrrole nitrogens is 1. The van der Waals surface area contributed by atoms with E-state index in [1.165, 1.54) is 12.5 Å². The van der Waals surface area contributed by atoms with Crippen molar-refractivity contribution in [2.24, 2.45) is 56.2 Å². The lowest BCUT2D eigenvalue weighted by Crippen LogP contribution is -2.61. The Morgan fingerprint density at radius 2 is 1.11 bits per heavy atom. The summed E-state index contributed by atoms with van der Waals surface area (Å²) in [5.74, 6) is -8.07. The van der Waals surface area contributed by atoms with E-state index in [0.717, 1.165) is 0 Å². The zero-order valence-corrected chi connectivity index (χ0v) is 43.4. The van der Waals surface area contributed by atoms with Gasteiger partial charge in [0.05, 0.1) is 19.0 Å². The Labute approximate surface area is 437 Å². The van der Waals surface area contributed by atoms with Gasteiger partial charge in [0.2, 0.25) is 41.4 Å². The lowest BCUT2D eigenvalue weighted by Gasteiger charge is -2.29. The summed E-state index contributed by atoms with van der Waals surface area (Å²) in [6, 6.07) is -1.81. The first kappa shape index (κ1) is 63.7. The van der Waals surface area contributed by atoms with E-state index in [-0.39, 0.29) is 88.8 Å². The molecule has 1 aromatic carbocycles. The number of hydrogen-bond acceptors (Lipinski definition) is 14. The predicted molar refractivity (Wildman–Crippen MR) is 280 cm³/mol. The summed E-state index contributed by atoms with van der Waals surface area (Å²) >= 11 is 0. The molecule has 0 aliphatic carbocycles. The number of aliphatic hydroxyl groups excluding tert-OH is 1. The highest BCUT2D eigenvalue weighted by Crippen LogP contribution is 2.14. The van der Waals surface area contributed by atoms with E-state index in [1.54, 1.807) is 44.2 Å². The molecule has 0 spiro atoms. The maximum Gasteiger partial charge on any atom is 0.326 e. The fourth-order valence-corrected chi connectivity index (χ4v) is 7.56. The number of benzene rings is 1. The van der Waals surface area contributed by atoms with E-state index in [4.69, 9.17) is 34.4 Å². The number of amides is 7. The SMILES string of the molecule is CC[C@H](C)[C@H](NC(=O)[C@H](CC(C)C)NC(=O)[C@H](CCCN=C(N)N)NC(=O)[C@H](CCCN=C(N)N)NC(=O)[C@H](CCCCN)NC(=O)[C@H](CO)NC(=O)[C@@H](N)Cc1cnc[nH]1)C(=O)N[C@@H](Cc1ccccc1)C(=O)O. The minimum Gasteiger partial charge on any atom is -0.480 e. The number of carbonyl (C=O) groups is 8. The molecule has 0 aliphatic heterocycles. The molecule has 0 unspecified atom stereocenters. The number of aliphatic imine (C=N–C) groups is 2. The number of rotatable bonds is 36. The second-order valence-electron chi connectivity index (χ2n) is 18.6. The summed E-state index contributed by atoms with van der Waals surface area (Å²) in [5, 5.41) is 38.4. The maximum atomic E-state index is 14.4. The average Bonchev–Trinajstić information content (AvgIpc) is 3.88. The number of nitrogens with one attached hydrogen (secondary N) is 8. The average molecular weight is 1060 g/mol. The number of carboxylic acid groups (broad SMARTS) is 1. The van der Waals surface area contributed by atoms with Gasteiger partial charge in [0.1, 0.15) is 42.3 Å². The van der Waals surface area contributed by atoms with Crippen molar-refractivity contribution >= 4 is 59.2 Å². The molecule has 1 heterocycles. The molecule has 22 N–H and O–H groups in total. The first-order valence-electron chi connectivity index (χ1n) is 25.1. The summed E-state index contributed by atoms with van der Waals surface area (Å²) in [7, 11) is 0. The van der Waals surface area contributed by atoms with E-state index in [0.29, 0.717) is 30.5 Å². The summed E-state index contributed by atoms with van der Waals surface area (Å²) in [6.07, 6.45) is 4.32. The minimum absolute atomic E-state index is 0.0189. The quantitative estimate of drug-likeness (QED) is 0.0178. The second-order valence-corrected chi connectivity index (χ2v) is 18.6. The van der Waals surface area contributed by atoms with Gasteiger partial charge in [0.15, 0.2) is 11.9 Å². The number of carbonyl (C=O) groups excluding carboxylic acids is 7. The molecule has 0 aliphatic rings. The summed E-state index contributed by atoms with van der Waals surface area (Å²) < 4.78 is 0. The van der Waals surface area contributed by atoms with Gasteiger partial charge < -0.3 is 86.8 Å². The molecule has 0 radical (unpaired) electrons. The number of guanidine groups is 2. The zero-order valence-electron chi connectivity index (χ0n) is 43.4. The Balaban J connectivity index is 2.44. The number of unbranched alkanes of at least 4 members (excludes halogenated alkanes) is 1. The van der Waals surface area contributed by atoms with Crippen LogP contribution in [0.1, 0.15) is 96.7 Å². The van der Waals surface area contributed by atoms with Crippen molar-refractivity contribution in [2.45, 2.75) is 147 Å². The largest absolute Gasteiger partial charge is 0.480 e. The third kappa shape index (κ3) is 24.5. The zero-order chi connectivity index (χ0) is 56.0. The van der Waals surface area contributed by atoms with E-state index < -0.39 is 108 Å². The van der Waals surface area contributed by atoms with Gasteiger partial charge in [0.25, 0.3) is 0 Å². The van der Waals surface area contributed by atoms with Gasteiger partial charge in [-0.15, -0.1) is 0 Å². The Kier molecular flexibility index (Phi) is 29.0. The van der Waals surface area contributed by atoms with E-state index >= 15 is 0 Å². The molecule has 7 amide bonds. The number of nitrogens with zero attached hydrogens (tertiary/aromatic N) is 3. The normalized spacial score (nSPS) is 14.7. The fourth-order valence-electron chi connectivity index (χ4n) is 7.56. The number of hydrogen-bond donors (Lipinski definition) is 16. The van der Waals surface area contributed by atoms with Crippen LogP contribution in [0.25, 0.3) is 0 Å². The molecule has 27 nitrogen and oxygen atoms in total. The molecule has 2 aromatic rings. The first-order chi connectivity index (χ1) is 35.6. The molecule has 75 heavy (non-hydrogen) atoms. The molecule has 0 saturated carbocycles. The van der Waals surface area contributed by atoms with E-state index in [1.807, 2.05) is 13.8 Å². The van der Waals surface area contributed by atoms with E-state index in [9.17, 15) is 48.6 Å². The van der Waals surface area contributed by atoms with Crippen LogP contribution in [0.2, 0.25) is 0 Å². The Hall–Kier alpha value is -7.39. The van der Waals surface area contributed by atoms with Crippen molar-refractivity contribution < 1.29 is 48.6 Å². The van der Waals surface area contributed by atoms with Crippen molar-refractivity contribution in [3.05, 3.63) is 54.1 Å². The number of aliphatic hydroxyl groups is 1. The highest BCUT2D eigenvalue weighted by atomic mass is 16.4. The molecular formula is C48H81N17O10. The highest BCUT2D eigenvalue weighted by molar-refractivity contribution is 5.97. The van der Waals surface area contributed by atoms with E-state index in [2.05, 4.69) is 57.2 Å². The lowest BCUT2D eigenvalue weighted by atomic mass is 9.96. The fraction of sp³-hybridized carbons (Fsp3) is 0.604. The summed E-state index contributed by atoms with van der Waals surface area (Å²) in [4.78, 5) is 124. The van der Waals surface area contributed by atoms with Crippen LogP contribution in [0.5, 0.6) is 0 Å². The molecule has 0 bridgehead atoms. The van der Waals surface area contributed by atoms with Crippen molar-refractivity contribution in [2.75, 3.05) is 26.2 Å². The molecule has 418 valence electrons. The van der Waals surface area contributed by atoms with Gasteiger partial charge in [-0.3, -0.25) is 43.5 Å². The lowest BCUT2D eigenvalue weighted by molar-refractivity contribution is -0.142. The van der Waals surface area contributed by atoms with Gasteiger partial charge in [-0.1, -0.05) is 64.4 Å². The van der Waals surface area contributed by atoms with Crippen molar-refractivity contribution in [3.8, 4) is 0 Å². The summed E-state index contributed by atoms with van der Waals surface area (Å²) in [6.45, 7) is 6.60. The van der Waals surface area contributed by atoms with Gasteiger partial charge in [0, 0.05) is 37.8 Å². The third-order valence-electron chi connectivity index (χ3n) is 11.9. The van der Waals surface area contributed by atoms with Gasteiger partial charge >= 0.3 is 5.97 Å². The molecule has 0 fully saturated rings. The summed E-state index contributed by atoms with van der Waals surface area (Å²) in [5.41, 5.74) is 35.1. The van der Waals surface area contributed by atoms with Crippen LogP contribution in [0.4, 0.5) is 0 Å². The van der Waals surface area contributed by atoms with Gasteiger partial charge in [-0.25, -0.2) is 9.78 Å². The van der Waals surface area contributed by atoms with Gasteiger partial charge in [-0.05, 0) is 75.3 Å². The number of nitrogens with two attached hydrogens (primary N) is 6. The number of aromatic nitrogens is 2. The van der Waals surface area contributed by atoms with Crippen LogP contribution in [0.15, 0.2) is 52.8 Å². The molecule has 2 rings (SSSR count). The molecular weight excluding hydrogens is 975 g/mol. The molecule has 1 aromatic heterocycles. The van der Waals surface area contributed by atoms with Crippen LogP contribution < -0.4 is 71.6 Å². The predicted octanol–water partition coefficient (Wildman–Crippen LogP) is -3.68. The number of aliphatic carboxylic acids is 1. The molecule has 0 saturated heterocycles. The highest BCUT2D eigenvalue weighted by Gasteiger charge is 2.36. The van der Waals surface area contributed by atoms with Crippen molar-refractivity contribution in [1.29, 1.82) is 0 Å². The Morgan fingerprint density at radius 1 is 0.627 bits per heavy atom. The van der Waals surface area contributed by atoms with Crippen molar-refractivity contribution in [1.82, 2.24) is 47.2 Å². The minimum atomic E-state index is -1.53. The standard InChI is InChI=1S/C48H81N17O10/c1-5-28(4)38(45(73)63-36(46(74)75)22-29-13-7-6-8-14-29)65-43(71)35(21-27(2)3)62-42(70)34(17-12-20-57-48(53)54)60-41(69)33(16-11-19-56-47(51)52)59-40(68)32(15-9-10-18-49)61-44(72)37(25-66)64-39(67)31(50)23-30-24-55-26-58-30/h6-8,13-14,24,26-28,31-38,66H,5,9-12,15-23,25,49-50H2,1-4H3,(H,55,58)(H,59,68)(H,60,69)(H,61,72)(H,62,70)(H,63,73)(H,64,67)(H,65,71)(H,74,75)(H4,51,52,56)(H4,53,54,57)/t28-,31-,32-,33-,34-,35-,36-,37-,38-/m0/s1. The maximum absolute atomic E-state index is 14.4. The van der Waals surface area contributed by atoms with Crippen LogP contribution in [-0.2, 0) is 51.2 Å². The second kappa shape index (κ2) is 34.2. The van der Waals surface area contributed by atoms with Crippen LogP contribution >= 0.6 is 0 Å². The monoisotopic (exact) mass is 1060 g/mol. The Morgan fingerprint density at radius 3 is 1.56 bits per heavy atom. The van der Waals surface area contributed by atoms with Crippen molar-refractivity contribution in [3.63, 3.8) is 0 Å². The third-order valence-corrected chi connectivity index (χ3v) is 11.9. The number of aromatic amines is 1.